The van der Waals surface area contributed by atoms with E-state index >= 15 is 0 Å². The molecule has 2 amide bonds. The molecule has 0 fully saturated rings. The largest absolute Gasteiger partial charge is 0.465 e. The third-order valence-electron chi connectivity index (χ3n) is 3.07. The fraction of sp³-hybridized carbons (Fsp3) is 0.118. The van der Waals surface area contributed by atoms with Crippen molar-refractivity contribution in [3.8, 4) is 0 Å². The average Bonchev–Trinajstić information content (AvgIpc) is 2.53. The van der Waals surface area contributed by atoms with E-state index in [0.717, 1.165) is 0 Å². The SMILES string of the molecule is COC(=O)c1ccccc1NC(=O)CC(=O)Nc1cc(Cl)cc(Cl)c1. The predicted octanol–water partition coefficient (Wildman–Crippen LogP) is 3.75. The molecule has 2 rings (SSSR count). The van der Waals surface area contributed by atoms with Crippen LogP contribution in [0.3, 0.4) is 0 Å². The number of halogens is 2. The van der Waals surface area contributed by atoms with Gasteiger partial charge >= 0.3 is 5.97 Å². The molecule has 0 radical (unpaired) electrons. The van der Waals surface area contributed by atoms with Gasteiger partial charge in [-0.15, -0.1) is 0 Å². The van der Waals surface area contributed by atoms with Gasteiger partial charge in [0, 0.05) is 15.7 Å². The van der Waals surface area contributed by atoms with E-state index in [1.165, 1.54) is 31.4 Å². The summed E-state index contributed by atoms with van der Waals surface area (Å²) < 4.78 is 4.65. The molecule has 2 aromatic carbocycles. The van der Waals surface area contributed by atoms with Crippen molar-refractivity contribution in [1.82, 2.24) is 0 Å². The summed E-state index contributed by atoms with van der Waals surface area (Å²) >= 11 is 11.7. The first kappa shape index (κ1) is 18.8. The summed E-state index contributed by atoms with van der Waals surface area (Å²) in [7, 11) is 1.24. The Labute approximate surface area is 154 Å². The maximum absolute atomic E-state index is 12.0. The molecule has 0 spiro atoms. The molecule has 0 heterocycles. The number of hydrogen-bond acceptors (Lipinski definition) is 4. The average molecular weight is 381 g/mol. The second kappa shape index (κ2) is 8.50. The molecule has 0 aliphatic heterocycles. The fourth-order valence-corrected chi connectivity index (χ4v) is 2.58. The van der Waals surface area contributed by atoms with Crippen LogP contribution in [-0.4, -0.2) is 24.9 Å². The van der Waals surface area contributed by atoms with Crippen LogP contribution in [0.1, 0.15) is 16.8 Å². The smallest absolute Gasteiger partial charge is 0.339 e. The summed E-state index contributed by atoms with van der Waals surface area (Å²) in [5.74, 6) is -1.72. The normalized spacial score (nSPS) is 10.0. The second-order valence-electron chi connectivity index (χ2n) is 4.97. The number of ether oxygens (including phenoxy) is 1. The van der Waals surface area contributed by atoms with Gasteiger partial charge in [0.15, 0.2) is 0 Å². The maximum atomic E-state index is 12.0. The molecule has 2 aromatic rings. The van der Waals surface area contributed by atoms with Crippen LogP contribution in [0.4, 0.5) is 11.4 Å². The number of para-hydroxylation sites is 1. The van der Waals surface area contributed by atoms with Gasteiger partial charge in [-0.25, -0.2) is 4.79 Å². The fourth-order valence-electron chi connectivity index (χ4n) is 2.05. The van der Waals surface area contributed by atoms with Crippen molar-refractivity contribution in [3.05, 3.63) is 58.1 Å². The molecule has 0 aliphatic rings. The van der Waals surface area contributed by atoms with Gasteiger partial charge in [-0.2, -0.15) is 0 Å². The van der Waals surface area contributed by atoms with E-state index in [-0.39, 0.29) is 11.3 Å². The van der Waals surface area contributed by atoms with Gasteiger partial charge in [0.25, 0.3) is 0 Å². The minimum absolute atomic E-state index is 0.195. The molecule has 6 nitrogen and oxygen atoms in total. The summed E-state index contributed by atoms with van der Waals surface area (Å²) in [6.45, 7) is 0. The lowest BCUT2D eigenvalue weighted by atomic mass is 10.1. The third kappa shape index (κ3) is 5.48. The number of nitrogens with one attached hydrogen (secondary N) is 2. The number of esters is 1. The number of rotatable bonds is 5. The molecule has 0 unspecified atom stereocenters. The summed E-state index contributed by atoms with van der Waals surface area (Å²) in [6, 6.07) is 10.9. The minimum Gasteiger partial charge on any atom is -0.465 e. The van der Waals surface area contributed by atoms with Gasteiger partial charge in [0.05, 0.1) is 18.4 Å². The Balaban J connectivity index is 2.00. The first-order chi connectivity index (χ1) is 11.9. The number of anilines is 2. The van der Waals surface area contributed by atoms with Gasteiger partial charge < -0.3 is 15.4 Å². The topological polar surface area (TPSA) is 84.5 Å². The van der Waals surface area contributed by atoms with Crippen LogP contribution in [-0.2, 0) is 14.3 Å². The van der Waals surface area contributed by atoms with Gasteiger partial charge in [-0.3, -0.25) is 9.59 Å². The molecule has 0 atom stereocenters. The molecule has 0 saturated carbocycles. The van der Waals surface area contributed by atoms with E-state index in [0.29, 0.717) is 15.7 Å². The monoisotopic (exact) mass is 380 g/mol. The maximum Gasteiger partial charge on any atom is 0.339 e. The molecule has 2 N–H and O–H groups in total. The zero-order chi connectivity index (χ0) is 18.4. The quantitative estimate of drug-likeness (QED) is 0.610. The molecule has 0 bridgehead atoms. The first-order valence-corrected chi connectivity index (χ1v) is 7.88. The Morgan fingerprint density at radius 3 is 2.20 bits per heavy atom. The van der Waals surface area contributed by atoms with Crippen LogP contribution < -0.4 is 10.6 Å². The number of methoxy groups -OCH3 is 1. The number of amides is 2. The molecule has 0 saturated heterocycles. The molecule has 25 heavy (non-hydrogen) atoms. The van der Waals surface area contributed by atoms with E-state index < -0.39 is 24.2 Å². The van der Waals surface area contributed by atoms with E-state index in [9.17, 15) is 14.4 Å². The van der Waals surface area contributed by atoms with E-state index in [1.807, 2.05) is 0 Å². The van der Waals surface area contributed by atoms with Crippen LogP contribution in [0.25, 0.3) is 0 Å². The Kier molecular flexibility index (Phi) is 6.38. The lowest BCUT2D eigenvalue weighted by molar-refractivity contribution is -0.123. The van der Waals surface area contributed by atoms with Gasteiger partial charge in [0.2, 0.25) is 11.8 Å². The van der Waals surface area contributed by atoms with Crippen molar-refractivity contribution < 1.29 is 19.1 Å². The lowest BCUT2D eigenvalue weighted by Gasteiger charge is -2.10. The highest BCUT2D eigenvalue weighted by molar-refractivity contribution is 6.35. The molecule has 0 aromatic heterocycles. The second-order valence-corrected chi connectivity index (χ2v) is 5.84. The Bertz CT molecular complexity index is 804. The molecule has 130 valence electrons. The van der Waals surface area contributed by atoms with Crippen LogP contribution >= 0.6 is 23.2 Å². The molecule has 0 aliphatic carbocycles. The lowest BCUT2D eigenvalue weighted by Crippen LogP contribution is -2.22. The number of benzene rings is 2. The Hall–Kier alpha value is -2.57. The van der Waals surface area contributed by atoms with Crippen LogP contribution in [0.5, 0.6) is 0 Å². The highest BCUT2D eigenvalue weighted by atomic mass is 35.5. The van der Waals surface area contributed by atoms with Crippen molar-refractivity contribution >= 4 is 52.4 Å². The van der Waals surface area contributed by atoms with Gasteiger partial charge in [0.1, 0.15) is 6.42 Å². The summed E-state index contributed by atoms with van der Waals surface area (Å²) in [5, 5.41) is 5.76. The van der Waals surface area contributed by atoms with Crippen LogP contribution in [0.2, 0.25) is 10.0 Å². The van der Waals surface area contributed by atoms with Gasteiger partial charge in [-0.1, -0.05) is 35.3 Å². The predicted molar refractivity (Wildman–Crippen MR) is 96.1 cm³/mol. The highest BCUT2D eigenvalue weighted by Gasteiger charge is 2.15. The highest BCUT2D eigenvalue weighted by Crippen LogP contribution is 2.22. The van der Waals surface area contributed by atoms with Crippen LogP contribution in [0.15, 0.2) is 42.5 Å². The summed E-state index contributed by atoms with van der Waals surface area (Å²) in [4.78, 5) is 35.7. The van der Waals surface area contributed by atoms with Crippen molar-refractivity contribution in [1.29, 1.82) is 0 Å². The number of hydrogen-bond donors (Lipinski definition) is 2. The molecular formula is C17H14Cl2N2O4. The number of carbonyl (C=O) groups excluding carboxylic acids is 3. The standard InChI is InChI=1S/C17H14Cl2N2O4/c1-25-17(24)13-4-2-3-5-14(13)21-16(23)9-15(22)20-12-7-10(18)6-11(19)8-12/h2-8H,9H2,1H3,(H,20,22)(H,21,23). The summed E-state index contributed by atoms with van der Waals surface area (Å²) in [5.41, 5.74) is 0.837. The van der Waals surface area contributed by atoms with Gasteiger partial charge in [-0.05, 0) is 30.3 Å². The molecule has 8 heteroatoms. The number of carbonyl (C=O) groups is 3. The van der Waals surface area contributed by atoms with Crippen molar-refractivity contribution in [3.63, 3.8) is 0 Å². The van der Waals surface area contributed by atoms with Crippen molar-refractivity contribution in [2.75, 3.05) is 17.7 Å². The zero-order valence-corrected chi connectivity index (χ0v) is 14.6. The van der Waals surface area contributed by atoms with E-state index in [1.54, 1.807) is 18.2 Å². The first-order valence-electron chi connectivity index (χ1n) is 7.12. The van der Waals surface area contributed by atoms with Crippen LogP contribution in [0, 0.1) is 0 Å². The Morgan fingerprint density at radius 1 is 0.960 bits per heavy atom. The molecular weight excluding hydrogens is 367 g/mol. The Morgan fingerprint density at radius 2 is 1.56 bits per heavy atom. The third-order valence-corrected chi connectivity index (χ3v) is 3.51. The van der Waals surface area contributed by atoms with Crippen molar-refractivity contribution in [2.24, 2.45) is 0 Å². The minimum atomic E-state index is -0.589. The van der Waals surface area contributed by atoms with Crippen molar-refractivity contribution in [2.45, 2.75) is 6.42 Å². The summed E-state index contributed by atoms with van der Waals surface area (Å²) in [6.07, 6.45) is -0.445. The van der Waals surface area contributed by atoms with E-state index in [2.05, 4.69) is 15.4 Å². The van der Waals surface area contributed by atoms with E-state index in [4.69, 9.17) is 23.2 Å². The zero-order valence-electron chi connectivity index (χ0n) is 13.1.